The van der Waals surface area contributed by atoms with Crippen LogP contribution in [0, 0.1) is 13.8 Å². The highest BCUT2D eigenvalue weighted by Gasteiger charge is 2.41. The number of benzene rings is 1. The smallest absolute Gasteiger partial charge is 0.174 e. The van der Waals surface area contributed by atoms with E-state index in [1.807, 2.05) is 18.3 Å². The first kappa shape index (κ1) is 17.7. The van der Waals surface area contributed by atoms with Crippen LogP contribution in [0.25, 0.3) is 0 Å². The largest absolute Gasteiger partial charge is 0.351 e. The van der Waals surface area contributed by atoms with Crippen LogP contribution in [0.4, 0.5) is 5.69 Å². The maximum absolute atomic E-state index is 5.79. The van der Waals surface area contributed by atoms with Gasteiger partial charge in [-0.15, -0.1) is 0 Å². The molecular formula is C22H24N4S. The van der Waals surface area contributed by atoms with E-state index in [1.54, 1.807) is 0 Å². The van der Waals surface area contributed by atoms with Crippen LogP contribution in [0.2, 0.25) is 0 Å². The maximum Gasteiger partial charge on any atom is 0.174 e. The van der Waals surface area contributed by atoms with Gasteiger partial charge in [-0.3, -0.25) is 4.98 Å². The predicted octanol–water partition coefficient (Wildman–Crippen LogP) is 4.70. The van der Waals surface area contributed by atoms with Crippen molar-refractivity contribution in [3.63, 3.8) is 0 Å². The van der Waals surface area contributed by atoms with Crippen molar-refractivity contribution in [2.24, 2.45) is 0 Å². The van der Waals surface area contributed by atoms with Crippen LogP contribution >= 0.6 is 12.2 Å². The Morgan fingerprint density at radius 2 is 1.85 bits per heavy atom. The first-order valence-corrected chi connectivity index (χ1v) is 9.73. The zero-order chi connectivity index (χ0) is 19.0. The van der Waals surface area contributed by atoms with Crippen LogP contribution in [-0.2, 0) is 6.54 Å². The summed E-state index contributed by atoms with van der Waals surface area (Å²) in [6, 6.07) is 17.0. The fraction of sp³-hybridized carbons (Fsp3) is 0.273. The number of hydrogen-bond donors (Lipinski definition) is 1. The van der Waals surface area contributed by atoms with Crippen molar-refractivity contribution in [2.75, 3.05) is 4.90 Å². The van der Waals surface area contributed by atoms with Crippen molar-refractivity contribution in [3.8, 4) is 0 Å². The molecule has 0 amide bonds. The molecule has 0 saturated carbocycles. The van der Waals surface area contributed by atoms with Gasteiger partial charge in [-0.2, -0.15) is 0 Å². The minimum Gasteiger partial charge on any atom is -0.351 e. The van der Waals surface area contributed by atoms with Gasteiger partial charge in [0.15, 0.2) is 5.11 Å². The second-order valence-corrected chi connectivity index (χ2v) is 7.45. The van der Waals surface area contributed by atoms with E-state index in [4.69, 9.17) is 12.2 Å². The van der Waals surface area contributed by atoms with Crippen molar-refractivity contribution in [1.82, 2.24) is 14.9 Å². The van der Waals surface area contributed by atoms with E-state index in [0.717, 1.165) is 23.0 Å². The van der Waals surface area contributed by atoms with Crippen LogP contribution < -0.4 is 10.2 Å². The van der Waals surface area contributed by atoms with Gasteiger partial charge in [0.2, 0.25) is 0 Å². The van der Waals surface area contributed by atoms with E-state index in [2.05, 4.69) is 83.1 Å². The summed E-state index contributed by atoms with van der Waals surface area (Å²) >= 11 is 5.79. The van der Waals surface area contributed by atoms with Gasteiger partial charge >= 0.3 is 0 Å². The van der Waals surface area contributed by atoms with Crippen LogP contribution in [0.15, 0.2) is 60.9 Å². The third-order valence-electron chi connectivity index (χ3n) is 5.09. The first-order valence-electron chi connectivity index (χ1n) is 9.32. The molecule has 0 radical (unpaired) electrons. The lowest BCUT2D eigenvalue weighted by molar-refractivity contribution is 0.529. The zero-order valence-electron chi connectivity index (χ0n) is 15.9. The Morgan fingerprint density at radius 1 is 1.07 bits per heavy atom. The number of pyridine rings is 1. The molecule has 5 heteroatoms. The van der Waals surface area contributed by atoms with Gasteiger partial charge in [-0.1, -0.05) is 12.1 Å². The molecule has 1 saturated heterocycles. The van der Waals surface area contributed by atoms with Crippen molar-refractivity contribution in [3.05, 3.63) is 83.4 Å². The summed E-state index contributed by atoms with van der Waals surface area (Å²) in [6.07, 6.45) is 3.97. The van der Waals surface area contributed by atoms with Gasteiger partial charge in [0.1, 0.15) is 6.04 Å². The summed E-state index contributed by atoms with van der Waals surface area (Å²) in [5.41, 5.74) is 5.83. The SMILES string of the molecule is CCn1cccc1[C@@H]1[C@H](c2ccccn2)NC(=S)N1c1cc(C)cc(C)c1. The minimum absolute atomic E-state index is 0.000261. The molecule has 4 nitrogen and oxygen atoms in total. The van der Waals surface area contributed by atoms with Gasteiger partial charge in [-0.05, 0) is 80.5 Å². The van der Waals surface area contributed by atoms with Crippen molar-refractivity contribution >= 4 is 23.0 Å². The quantitative estimate of drug-likeness (QED) is 0.669. The van der Waals surface area contributed by atoms with Crippen LogP contribution in [0.5, 0.6) is 0 Å². The number of aromatic nitrogens is 2. The second kappa shape index (κ2) is 7.16. The highest BCUT2D eigenvalue weighted by atomic mass is 32.1. The van der Waals surface area contributed by atoms with Gasteiger partial charge < -0.3 is 14.8 Å². The summed E-state index contributed by atoms with van der Waals surface area (Å²) in [5.74, 6) is 0. The average Bonchev–Trinajstić information content (AvgIpc) is 3.25. The third kappa shape index (κ3) is 3.23. The van der Waals surface area contributed by atoms with Crippen LogP contribution in [0.3, 0.4) is 0 Å². The molecule has 1 aromatic carbocycles. The Labute approximate surface area is 165 Å². The molecule has 138 valence electrons. The highest BCUT2D eigenvalue weighted by molar-refractivity contribution is 7.80. The third-order valence-corrected chi connectivity index (χ3v) is 5.41. The Morgan fingerprint density at radius 3 is 2.52 bits per heavy atom. The Kier molecular flexibility index (Phi) is 4.70. The van der Waals surface area contributed by atoms with Gasteiger partial charge in [0.05, 0.1) is 11.7 Å². The monoisotopic (exact) mass is 376 g/mol. The van der Waals surface area contributed by atoms with E-state index < -0.39 is 0 Å². The molecule has 0 spiro atoms. The van der Waals surface area contributed by atoms with Gasteiger partial charge in [0.25, 0.3) is 0 Å². The Bertz CT molecular complexity index is 943. The van der Waals surface area contributed by atoms with E-state index >= 15 is 0 Å². The van der Waals surface area contributed by atoms with Gasteiger partial charge in [-0.25, -0.2) is 0 Å². The van der Waals surface area contributed by atoms with Crippen LogP contribution in [0.1, 0.15) is 41.5 Å². The molecule has 0 bridgehead atoms. The summed E-state index contributed by atoms with van der Waals surface area (Å²) in [6.45, 7) is 7.34. The molecule has 3 aromatic rings. The molecule has 4 rings (SSSR count). The molecule has 1 aliphatic rings. The number of thiocarbonyl (C=S) groups is 1. The molecule has 3 heterocycles. The molecule has 1 fully saturated rings. The molecule has 0 unspecified atom stereocenters. The lowest BCUT2D eigenvalue weighted by Crippen LogP contribution is -2.30. The van der Waals surface area contributed by atoms with E-state index in [-0.39, 0.29) is 12.1 Å². The fourth-order valence-corrected chi connectivity index (χ4v) is 4.35. The number of nitrogens with zero attached hydrogens (tertiary/aromatic N) is 3. The normalized spacial score (nSPS) is 19.4. The van der Waals surface area contributed by atoms with E-state index in [0.29, 0.717) is 0 Å². The number of aryl methyl sites for hydroxylation is 3. The topological polar surface area (TPSA) is 33.1 Å². The Hall–Kier alpha value is -2.66. The standard InChI is InChI=1S/C22H24N4S/c1-4-25-11-7-9-19(25)21-20(18-8-5-6-10-23-18)24-22(27)26(21)17-13-15(2)12-16(3)14-17/h5-14,20-21H,4H2,1-3H3,(H,24,27)/t20-,21+/m0/s1. The summed E-state index contributed by atoms with van der Waals surface area (Å²) < 4.78 is 2.28. The number of anilines is 1. The lowest BCUT2D eigenvalue weighted by atomic mass is 10.00. The van der Waals surface area contributed by atoms with Crippen molar-refractivity contribution < 1.29 is 0 Å². The molecule has 27 heavy (non-hydrogen) atoms. The second-order valence-electron chi connectivity index (χ2n) is 7.06. The summed E-state index contributed by atoms with van der Waals surface area (Å²) in [7, 11) is 0. The number of nitrogens with one attached hydrogen (secondary N) is 1. The molecule has 2 atom stereocenters. The van der Waals surface area contributed by atoms with E-state index in [1.165, 1.54) is 16.8 Å². The molecular weight excluding hydrogens is 352 g/mol. The first-order chi connectivity index (χ1) is 13.1. The molecule has 1 aliphatic heterocycles. The number of hydrogen-bond acceptors (Lipinski definition) is 2. The molecule has 1 N–H and O–H groups in total. The highest BCUT2D eigenvalue weighted by Crippen LogP contribution is 2.41. The van der Waals surface area contributed by atoms with Crippen molar-refractivity contribution in [2.45, 2.75) is 39.4 Å². The van der Waals surface area contributed by atoms with Crippen LogP contribution in [-0.4, -0.2) is 14.7 Å². The zero-order valence-corrected chi connectivity index (χ0v) is 16.7. The molecule has 0 aliphatic carbocycles. The average molecular weight is 377 g/mol. The predicted molar refractivity (Wildman–Crippen MR) is 114 cm³/mol. The fourth-order valence-electron chi connectivity index (χ4n) is 4.01. The van der Waals surface area contributed by atoms with E-state index in [9.17, 15) is 0 Å². The van der Waals surface area contributed by atoms with Gasteiger partial charge in [0, 0.05) is 30.3 Å². The summed E-state index contributed by atoms with van der Waals surface area (Å²) in [4.78, 5) is 6.86. The summed E-state index contributed by atoms with van der Waals surface area (Å²) in [5, 5.41) is 4.27. The maximum atomic E-state index is 5.79. The van der Waals surface area contributed by atoms with Crippen molar-refractivity contribution in [1.29, 1.82) is 0 Å². The number of rotatable bonds is 4. The minimum atomic E-state index is -0.000261. The molecule has 2 aromatic heterocycles. The lowest BCUT2D eigenvalue weighted by Gasteiger charge is -2.29. The Balaban J connectivity index is 1.87.